The van der Waals surface area contributed by atoms with Gasteiger partial charge < -0.3 is 19.1 Å². The Morgan fingerprint density at radius 3 is 2.28 bits per heavy atom. The van der Waals surface area contributed by atoms with Crippen molar-refractivity contribution in [2.24, 2.45) is 5.92 Å². The first-order valence-electron chi connectivity index (χ1n) is 10.2. The summed E-state index contributed by atoms with van der Waals surface area (Å²) in [4.78, 5) is 28.9. The third-order valence-electron chi connectivity index (χ3n) is 6.41. The molecule has 1 spiro atoms. The highest BCUT2D eigenvalue weighted by molar-refractivity contribution is 7.88. The molecule has 0 aromatic heterocycles. The molecule has 2 heterocycles. The van der Waals surface area contributed by atoms with E-state index in [1.165, 1.54) is 36.9 Å². The summed E-state index contributed by atoms with van der Waals surface area (Å²) in [5.74, 6) is -0.822. The van der Waals surface area contributed by atoms with E-state index in [1.54, 1.807) is 6.92 Å². The Bertz CT molecular complexity index is 1130. The summed E-state index contributed by atoms with van der Waals surface area (Å²) in [6.07, 6.45) is 3.05. The Labute approximate surface area is 191 Å². The number of carbonyl (C=O) groups excluding carboxylic acids is 2. The zero-order chi connectivity index (χ0) is 23.4. The van der Waals surface area contributed by atoms with Crippen molar-refractivity contribution in [3.63, 3.8) is 0 Å². The number of ether oxygens (including phenoxy) is 3. The van der Waals surface area contributed by atoms with Gasteiger partial charge in [-0.05, 0) is 6.42 Å². The molecular formula is C21H25ClN2O7S. The van der Waals surface area contributed by atoms with E-state index in [0.717, 1.165) is 5.70 Å². The monoisotopic (exact) mass is 484 g/mol. The van der Waals surface area contributed by atoms with Crippen molar-refractivity contribution in [2.45, 2.75) is 18.9 Å². The molecule has 2 aliphatic heterocycles. The lowest BCUT2D eigenvalue weighted by Gasteiger charge is -2.41. The van der Waals surface area contributed by atoms with E-state index in [-0.39, 0.29) is 27.8 Å². The van der Waals surface area contributed by atoms with Crippen LogP contribution < -0.4 is 14.2 Å². The lowest BCUT2D eigenvalue weighted by atomic mass is 9.74. The first kappa shape index (κ1) is 22.9. The molecule has 4 rings (SSSR count). The number of hydrogen-bond donors (Lipinski definition) is 0. The quantitative estimate of drug-likeness (QED) is 0.595. The predicted octanol–water partition coefficient (Wildman–Crippen LogP) is 1.74. The lowest BCUT2D eigenvalue weighted by Crippen LogP contribution is -2.56. The van der Waals surface area contributed by atoms with Crippen LogP contribution in [0.2, 0.25) is 5.02 Å². The summed E-state index contributed by atoms with van der Waals surface area (Å²) < 4.78 is 41.6. The SMILES string of the molecule is COc1cc(OC)c2c(c1Cl)O[C@@]1(C(=O)C=C(N3CCN(S(C)(=O)=O)CC3)C[C@H]1C)C2=O. The molecule has 9 nitrogen and oxygen atoms in total. The fraction of sp³-hybridized carbons (Fsp3) is 0.524. The van der Waals surface area contributed by atoms with Crippen molar-refractivity contribution in [3.8, 4) is 17.2 Å². The lowest BCUT2D eigenvalue weighted by molar-refractivity contribution is -0.129. The van der Waals surface area contributed by atoms with Crippen molar-refractivity contribution in [1.82, 2.24) is 9.21 Å². The second kappa shape index (κ2) is 7.93. The summed E-state index contributed by atoms with van der Waals surface area (Å²) in [5, 5.41) is 0.111. The predicted molar refractivity (Wildman–Crippen MR) is 117 cm³/mol. The molecular weight excluding hydrogens is 460 g/mol. The van der Waals surface area contributed by atoms with E-state index in [9.17, 15) is 18.0 Å². The van der Waals surface area contributed by atoms with Crippen LogP contribution in [0.5, 0.6) is 17.2 Å². The fourth-order valence-corrected chi connectivity index (χ4v) is 5.72. The molecule has 1 saturated heterocycles. The van der Waals surface area contributed by atoms with E-state index >= 15 is 0 Å². The van der Waals surface area contributed by atoms with Crippen molar-refractivity contribution in [2.75, 3.05) is 46.7 Å². The first-order chi connectivity index (χ1) is 15.0. The highest BCUT2D eigenvalue weighted by Crippen LogP contribution is 2.53. The number of sulfonamides is 1. The van der Waals surface area contributed by atoms with Crippen LogP contribution in [0.25, 0.3) is 0 Å². The third kappa shape index (κ3) is 3.36. The molecule has 1 fully saturated rings. The Balaban J connectivity index is 1.65. The largest absolute Gasteiger partial charge is 0.496 e. The number of Topliss-reactive ketones (excluding diaryl/α,β-unsaturated/α-hetero) is 1. The molecule has 2 atom stereocenters. The van der Waals surface area contributed by atoms with E-state index < -0.39 is 33.1 Å². The minimum Gasteiger partial charge on any atom is -0.496 e. The molecule has 1 aromatic carbocycles. The number of benzene rings is 1. The number of fused-ring (bicyclic) bond motifs is 1. The summed E-state index contributed by atoms with van der Waals surface area (Å²) >= 11 is 6.40. The molecule has 0 amide bonds. The summed E-state index contributed by atoms with van der Waals surface area (Å²) in [5.41, 5.74) is -0.814. The van der Waals surface area contributed by atoms with Gasteiger partial charge in [-0.3, -0.25) is 9.59 Å². The van der Waals surface area contributed by atoms with Crippen LogP contribution in [-0.2, 0) is 14.8 Å². The maximum Gasteiger partial charge on any atom is 0.236 e. The smallest absolute Gasteiger partial charge is 0.236 e. The van der Waals surface area contributed by atoms with E-state index in [1.807, 2.05) is 4.90 Å². The van der Waals surface area contributed by atoms with E-state index in [4.69, 9.17) is 25.8 Å². The average molecular weight is 485 g/mol. The van der Waals surface area contributed by atoms with Gasteiger partial charge in [-0.15, -0.1) is 0 Å². The maximum absolute atomic E-state index is 13.5. The molecule has 1 aromatic rings. The normalized spacial score (nSPS) is 26.1. The van der Waals surface area contributed by atoms with Crippen molar-refractivity contribution in [3.05, 3.63) is 28.4 Å². The Morgan fingerprint density at radius 1 is 1.12 bits per heavy atom. The van der Waals surface area contributed by atoms with Gasteiger partial charge in [0.05, 0.1) is 20.5 Å². The van der Waals surface area contributed by atoms with Gasteiger partial charge in [-0.1, -0.05) is 18.5 Å². The Morgan fingerprint density at radius 2 is 1.75 bits per heavy atom. The van der Waals surface area contributed by atoms with Gasteiger partial charge in [-0.2, -0.15) is 4.31 Å². The second-order valence-corrected chi connectivity index (χ2v) is 10.6. The minimum atomic E-state index is -3.25. The van der Waals surface area contributed by atoms with Crippen LogP contribution in [0.15, 0.2) is 17.8 Å². The number of rotatable bonds is 4. The number of carbonyl (C=O) groups is 2. The topological polar surface area (TPSA) is 102 Å². The molecule has 3 aliphatic rings. The molecule has 11 heteroatoms. The molecule has 174 valence electrons. The van der Waals surface area contributed by atoms with E-state index in [0.29, 0.717) is 32.6 Å². The zero-order valence-electron chi connectivity index (χ0n) is 18.3. The van der Waals surface area contributed by atoms with Gasteiger partial charge in [0.15, 0.2) is 5.75 Å². The van der Waals surface area contributed by atoms with Gasteiger partial charge in [0.2, 0.25) is 27.2 Å². The Kier molecular flexibility index (Phi) is 5.67. The number of halogens is 1. The van der Waals surface area contributed by atoms with Crippen molar-refractivity contribution >= 4 is 33.2 Å². The number of methoxy groups -OCH3 is 2. The maximum atomic E-state index is 13.5. The van der Waals surface area contributed by atoms with Gasteiger partial charge >= 0.3 is 0 Å². The first-order valence-corrected chi connectivity index (χ1v) is 12.4. The van der Waals surface area contributed by atoms with Crippen LogP contribution >= 0.6 is 11.6 Å². The standard InChI is InChI=1S/C21H25ClN2O7S/c1-12-9-13(23-5-7-24(8-6-23)32(4,27)28)10-16(25)21(12)20(26)17-14(29-2)11-15(30-3)18(22)19(17)31-21/h10-12H,5-9H2,1-4H3/t12-,21+/m1/s1. The van der Waals surface area contributed by atoms with Crippen LogP contribution in [0.4, 0.5) is 0 Å². The molecule has 32 heavy (non-hydrogen) atoms. The number of allylic oxidation sites excluding steroid dienone is 1. The average Bonchev–Trinajstić information content (AvgIpc) is 3.07. The molecule has 0 bridgehead atoms. The second-order valence-electron chi connectivity index (χ2n) is 8.22. The van der Waals surface area contributed by atoms with Crippen molar-refractivity contribution < 1.29 is 32.2 Å². The van der Waals surface area contributed by atoms with Crippen LogP contribution in [0.1, 0.15) is 23.7 Å². The number of nitrogens with zero attached hydrogens (tertiary/aromatic N) is 2. The summed E-state index contributed by atoms with van der Waals surface area (Å²) in [6, 6.07) is 1.50. The van der Waals surface area contributed by atoms with E-state index in [2.05, 4.69) is 0 Å². The third-order valence-corrected chi connectivity index (χ3v) is 8.07. The summed E-state index contributed by atoms with van der Waals surface area (Å²) in [6.45, 7) is 3.42. The zero-order valence-corrected chi connectivity index (χ0v) is 19.9. The Hall–Kier alpha value is -2.30. The van der Waals surface area contributed by atoms with Gasteiger partial charge in [0.25, 0.3) is 0 Å². The van der Waals surface area contributed by atoms with Crippen LogP contribution in [0.3, 0.4) is 0 Å². The highest BCUT2D eigenvalue weighted by atomic mass is 35.5. The molecule has 1 aliphatic carbocycles. The van der Waals surface area contributed by atoms with Crippen LogP contribution in [0, 0.1) is 5.92 Å². The number of piperazine rings is 1. The van der Waals surface area contributed by atoms with Gasteiger partial charge in [-0.25, -0.2) is 8.42 Å². The van der Waals surface area contributed by atoms with Gasteiger partial charge in [0.1, 0.15) is 22.1 Å². The van der Waals surface area contributed by atoms with Crippen molar-refractivity contribution in [1.29, 1.82) is 0 Å². The molecule has 0 saturated carbocycles. The van der Waals surface area contributed by atoms with Gasteiger partial charge in [0, 0.05) is 49.9 Å². The minimum absolute atomic E-state index is 0.0895. The number of ketones is 2. The molecule has 0 N–H and O–H groups in total. The van der Waals surface area contributed by atoms with Crippen LogP contribution in [-0.4, -0.2) is 81.4 Å². The summed E-state index contributed by atoms with van der Waals surface area (Å²) in [7, 11) is -0.398. The highest BCUT2D eigenvalue weighted by Gasteiger charge is 2.60. The number of hydrogen-bond acceptors (Lipinski definition) is 8. The fourth-order valence-electron chi connectivity index (χ4n) is 4.63. The molecule has 0 radical (unpaired) electrons. The molecule has 0 unspecified atom stereocenters.